The first-order valence-corrected chi connectivity index (χ1v) is 7.19. The minimum Gasteiger partial charge on any atom is -0.465 e. The van der Waals surface area contributed by atoms with Crippen LogP contribution in [0.3, 0.4) is 0 Å². The highest BCUT2D eigenvalue weighted by Crippen LogP contribution is 2.09. The zero-order chi connectivity index (χ0) is 16.1. The van der Waals surface area contributed by atoms with Crippen molar-refractivity contribution in [2.24, 2.45) is 0 Å². The average Bonchev–Trinajstić information content (AvgIpc) is 2.85. The van der Waals surface area contributed by atoms with Crippen molar-refractivity contribution in [3.63, 3.8) is 0 Å². The van der Waals surface area contributed by atoms with E-state index in [1.807, 2.05) is 37.1 Å². The molecule has 0 radical (unpaired) electrons. The highest BCUT2D eigenvalue weighted by atomic mass is 19.1. The topological polar surface area (TPSA) is 45.5 Å². The Labute approximate surface area is 129 Å². The SMILES string of the molecule is Cc1ccc(CN(C)CC(=O)NCc2ccc(C)c(F)c2)o1. The molecule has 1 amide bonds. The molecule has 5 heteroatoms. The van der Waals surface area contributed by atoms with E-state index in [-0.39, 0.29) is 18.3 Å². The molecule has 0 aliphatic heterocycles. The molecule has 2 aromatic rings. The number of hydrogen-bond acceptors (Lipinski definition) is 3. The lowest BCUT2D eigenvalue weighted by molar-refractivity contribution is -0.122. The third-order valence-corrected chi connectivity index (χ3v) is 3.36. The van der Waals surface area contributed by atoms with Crippen LogP contribution in [0, 0.1) is 19.7 Å². The number of carbonyl (C=O) groups is 1. The van der Waals surface area contributed by atoms with Gasteiger partial charge in [0.25, 0.3) is 0 Å². The maximum atomic E-state index is 13.4. The number of nitrogens with zero attached hydrogens (tertiary/aromatic N) is 1. The molecule has 0 saturated carbocycles. The second-order valence-corrected chi connectivity index (χ2v) is 5.54. The lowest BCUT2D eigenvalue weighted by Crippen LogP contribution is -2.34. The number of rotatable bonds is 6. The Hall–Kier alpha value is -2.14. The molecular weight excluding hydrogens is 283 g/mol. The van der Waals surface area contributed by atoms with Crippen LogP contribution < -0.4 is 5.32 Å². The molecule has 118 valence electrons. The molecule has 2 rings (SSSR count). The molecule has 1 aromatic carbocycles. The first kappa shape index (κ1) is 16.2. The standard InChI is InChI=1S/C17H21FN2O2/c1-12-4-6-14(8-16(12)18)9-19-17(21)11-20(3)10-15-7-5-13(2)22-15/h4-8H,9-11H2,1-3H3,(H,19,21). The summed E-state index contributed by atoms with van der Waals surface area (Å²) in [7, 11) is 1.85. The summed E-state index contributed by atoms with van der Waals surface area (Å²) in [6.07, 6.45) is 0. The third kappa shape index (κ3) is 4.70. The molecule has 1 heterocycles. The van der Waals surface area contributed by atoms with E-state index in [4.69, 9.17) is 4.42 Å². The molecule has 0 atom stereocenters. The third-order valence-electron chi connectivity index (χ3n) is 3.36. The Morgan fingerprint density at radius 1 is 1.27 bits per heavy atom. The van der Waals surface area contributed by atoms with Gasteiger partial charge in [-0.2, -0.15) is 0 Å². The van der Waals surface area contributed by atoms with E-state index in [9.17, 15) is 9.18 Å². The van der Waals surface area contributed by atoms with E-state index in [1.165, 1.54) is 6.07 Å². The monoisotopic (exact) mass is 304 g/mol. The molecule has 0 unspecified atom stereocenters. The van der Waals surface area contributed by atoms with Crippen molar-refractivity contribution < 1.29 is 13.6 Å². The number of amides is 1. The van der Waals surface area contributed by atoms with Gasteiger partial charge in [-0.25, -0.2) is 4.39 Å². The maximum Gasteiger partial charge on any atom is 0.234 e. The van der Waals surface area contributed by atoms with Gasteiger partial charge in [0.1, 0.15) is 17.3 Å². The molecular formula is C17H21FN2O2. The number of furan rings is 1. The molecule has 0 saturated heterocycles. The van der Waals surface area contributed by atoms with Gasteiger partial charge in [0.15, 0.2) is 0 Å². The van der Waals surface area contributed by atoms with Gasteiger partial charge in [0.05, 0.1) is 13.1 Å². The summed E-state index contributed by atoms with van der Waals surface area (Å²) in [5, 5.41) is 2.79. The van der Waals surface area contributed by atoms with Gasteiger partial charge >= 0.3 is 0 Å². The fourth-order valence-electron chi connectivity index (χ4n) is 2.14. The number of benzene rings is 1. The summed E-state index contributed by atoms with van der Waals surface area (Å²) >= 11 is 0. The van der Waals surface area contributed by atoms with Crippen molar-refractivity contribution in [2.75, 3.05) is 13.6 Å². The van der Waals surface area contributed by atoms with Crippen LogP contribution in [-0.2, 0) is 17.9 Å². The Bertz CT molecular complexity index is 652. The molecule has 0 spiro atoms. The molecule has 1 N–H and O–H groups in total. The van der Waals surface area contributed by atoms with Crippen molar-refractivity contribution in [2.45, 2.75) is 26.9 Å². The van der Waals surface area contributed by atoms with Gasteiger partial charge < -0.3 is 9.73 Å². The molecule has 0 aliphatic carbocycles. The quantitative estimate of drug-likeness (QED) is 0.892. The first-order chi connectivity index (χ1) is 10.4. The van der Waals surface area contributed by atoms with E-state index >= 15 is 0 Å². The number of likely N-dealkylation sites (N-methyl/N-ethyl adjacent to an activating group) is 1. The fraction of sp³-hybridized carbons (Fsp3) is 0.353. The first-order valence-electron chi connectivity index (χ1n) is 7.19. The molecule has 0 fully saturated rings. The Morgan fingerprint density at radius 2 is 2.05 bits per heavy atom. The van der Waals surface area contributed by atoms with E-state index in [1.54, 1.807) is 13.0 Å². The highest BCUT2D eigenvalue weighted by molar-refractivity contribution is 5.77. The predicted octanol–water partition coefficient (Wildman–Crippen LogP) is 2.78. The van der Waals surface area contributed by atoms with Crippen molar-refractivity contribution >= 4 is 5.91 Å². The summed E-state index contributed by atoms with van der Waals surface area (Å²) in [5.41, 5.74) is 1.35. The minimum absolute atomic E-state index is 0.105. The van der Waals surface area contributed by atoms with Crippen LogP contribution in [0.25, 0.3) is 0 Å². The van der Waals surface area contributed by atoms with Gasteiger partial charge in [-0.05, 0) is 50.2 Å². The van der Waals surface area contributed by atoms with E-state index in [0.29, 0.717) is 18.7 Å². The van der Waals surface area contributed by atoms with Gasteiger partial charge in [0, 0.05) is 6.54 Å². The fourth-order valence-corrected chi connectivity index (χ4v) is 2.14. The van der Waals surface area contributed by atoms with Gasteiger partial charge in [-0.3, -0.25) is 9.69 Å². The largest absolute Gasteiger partial charge is 0.465 e. The van der Waals surface area contributed by atoms with Gasteiger partial charge in [-0.15, -0.1) is 0 Å². The average molecular weight is 304 g/mol. The zero-order valence-corrected chi connectivity index (χ0v) is 13.1. The zero-order valence-electron chi connectivity index (χ0n) is 13.1. The smallest absolute Gasteiger partial charge is 0.234 e. The molecule has 1 aromatic heterocycles. The lowest BCUT2D eigenvalue weighted by Gasteiger charge is -2.15. The number of nitrogens with one attached hydrogen (secondary N) is 1. The molecule has 4 nitrogen and oxygen atoms in total. The lowest BCUT2D eigenvalue weighted by atomic mass is 10.1. The number of aryl methyl sites for hydroxylation is 2. The number of hydrogen-bond donors (Lipinski definition) is 1. The summed E-state index contributed by atoms with van der Waals surface area (Å²) in [4.78, 5) is 13.8. The maximum absolute atomic E-state index is 13.4. The second-order valence-electron chi connectivity index (χ2n) is 5.54. The summed E-state index contributed by atoms with van der Waals surface area (Å²) in [6, 6.07) is 8.77. The normalized spacial score (nSPS) is 11.0. The summed E-state index contributed by atoms with van der Waals surface area (Å²) < 4.78 is 18.9. The Kier molecular flexibility index (Phi) is 5.33. The van der Waals surface area contributed by atoms with Crippen LogP contribution in [0.4, 0.5) is 4.39 Å². The molecule has 0 bridgehead atoms. The van der Waals surface area contributed by atoms with E-state index in [0.717, 1.165) is 17.1 Å². The van der Waals surface area contributed by atoms with Crippen molar-refractivity contribution in [1.82, 2.24) is 10.2 Å². The number of halogens is 1. The predicted molar refractivity (Wildman–Crippen MR) is 82.8 cm³/mol. The summed E-state index contributed by atoms with van der Waals surface area (Å²) in [6.45, 7) is 4.75. The van der Waals surface area contributed by atoms with Crippen LogP contribution in [0.15, 0.2) is 34.7 Å². The van der Waals surface area contributed by atoms with Crippen LogP contribution in [0.5, 0.6) is 0 Å². The molecule has 22 heavy (non-hydrogen) atoms. The number of carbonyl (C=O) groups excluding carboxylic acids is 1. The second kappa shape index (κ2) is 7.22. The van der Waals surface area contributed by atoms with Crippen molar-refractivity contribution in [3.8, 4) is 0 Å². The Morgan fingerprint density at radius 3 is 2.68 bits per heavy atom. The minimum atomic E-state index is -0.253. The van der Waals surface area contributed by atoms with Crippen LogP contribution in [0.1, 0.15) is 22.6 Å². The molecule has 0 aliphatic rings. The van der Waals surface area contributed by atoms with Gasteiger partial charge in [0.2, 0.25) is 5.91 Å². The van der Waals surface area contributed by atoms with Crippen molar-refractivity contribution in [3.05, 3.63) is 58.8 Å². The van der Waals surface area contributed by atoms with Crippen molar-refractivity contribution in [1.29, 1.82) is 0 Å². The van der Waals surface area contributed by atoms with Crippen LogP contribution >= 0.6 is 0 Å². The van der Waals surface area contributed by atoms with Crippen LogP contribution in [-0.4, -0.2) is 24.4 Å². The highest BCUT2D eigenvalue weighted by Gasteiger charge is 2.09. The van der Waals surface area contributed by atoms with E-state index < -0.39 is 0 Å². The Balaban J connectivity index is 1.78. The van der Waals surface area contributed by atoms with Gasteiger partial charge in [-0.1, -0.05) is 12.1 Å². The van der Waals surface area contributed by atoms with E-state index in [2.05, 4.69) is 5.32 Å². The summed E-state index contributed by atoms with van der Waals surface area (Å²) in [5.74, 6) is 1.33. The van der Waals surface area contributed by atoms with Crippen LogP contribution in [0.2, 0.25) is 0 Å².